The summed E-state index contributed by atoms with van der Waals surface area (Å²) in [5, 5.41) is 3.57. The van der Waals surface area contributed by atoms with E-state index in [0.717, 1.165) is 11.8 Å². The molecule has 82 valence electrons. The first-order chi connectivity index (χ1) is 6.72. The zero-order valence-electron chi connectivity index (χ0n) is 9.81. The van der Waals surface area contributed by atoms with E-state index >= 15 is 0 Å². The van der Waals surface area contributed by atoms with Crippen LogP contribution in [0.4, 0.5) is 0 Å². The van der Waals surface area contributed by atoms with Crippen molar-refractivity contribution >= 4 is 0 Å². The molecule has 0 aromatic carbocycles. The molecule has 1 nitrogen and oxygen atoms in total. The highest BCUT2D eigenvalue weighted by atomic mass is 14.9. The highest BCUT2D eigenvalue weighted by Gasteiger charge is 2.37. The Hall–Kier alpha value is -0.0400. The minimum absolute atomic E-state index is 0.700. The average Bonchev–Trinajstić information content (AvgIpc) is 2.47. The summed E-state index contributed by atoms with van der Waals surface area (Å²) in [6.45, 7) is 7.39. The Balaban J connectivity index is 2.03. The van der Waals surface area contributed by atoms with Crippen molar-refractivity contribution in [3.05, 3.63) is 0 Å². The molecule has 1 saturated heterocycles. The third-order valence-corrected chi connectivity index (χ3v) is 4.50. The molecule has 1 spiro atoms. The molecule has 0 bridgehead atoms. The van der Waals surface area contributed by atoms with Crippen LogP contribution in [0.25, 0.3) is 0 Å². The first-order valence-electron chi connectivity index (χ1n) is 6.43. The predicted molar refractivity (Wildman–Crippen MR) is 61.3 cm³/mol. The molecule has 1 saturated carbocycles. The summed E-state index contributed by atoms with van der Waals surface area (Å²) in [4.78, 5) is 0. The van der Waals surface area contributed by atoms with Gasteiger partial charge in [0, 0.05) is 6.54 Å². The number of hydrogen-bond donors (Lipinski definition) is 1. The Labute approximate surface area is 88.7 Å². The monoisotopic (exact) mass is 195 g/mol. The van der Waals surface area contributed by atoms with Crippen LogP contribution >= 0.6 is 0 Å². The van der Waals surface area contributed by atoms with E-state index in [1.165, 1.54) is 51.6 Å². The minimum atomic E-state index is 0.700. The van der Waals surface area contributed by atoms with E-state index in [1.54, 1.807) is 0 Å². The van der Waals surface area contributed by atoms with Crippen molar-refractivity contribution < 1.29 is 0 Å². The molecule has 2 rings (SSSR count). The van der Waals surface area contributed by atoms with Crippen molar-refractivity contribution in [2.45, 2.75) is 52.4 Å². The molecule has 1 aliphatic heterocycles. The molecule has 14 heavy (non-hydrogen) atoms. The molecule has 2 fully saturated rings. The summed E-state index contributed by atoms with van der Waals surface area (Å²) >= 11 is 0. The SMILES string of the molecule is CC(C)C1CCCCC2(CCNC2)C1. The van der Waals surface area contributed by atoms with Crippen LogP contribution in [-0.2, 0) is 0 Å². The Bertz CT molecular complexity index is 180. The molecule has 2 atom stereocenters. The van der Waals surface area contributed by atoms with E-state index in [0.29, 0.717) is 5.41 Å². The number of hydrogen-bond acceptors (Lipinski definition) is 1. The molecule has 2 unspecified atom stereocenters. The van der Waals surface area contributed by atoms with Gasteiger partial charge in [-0.15, -0.1) is 0 Å². The Morgan fingerprint density at radius 3 is 2.71 bits per heavy atom. The van der Waals surface area contributed by atoms with Crippen LogP contribution in [0.15, 0.2) is 0 Å². The molecule has 0 aromatic rings. The van der Waals surface area contributed by atoms with Gasteiger partial charge in [-0.1, -0.05) is 33.1 Å². The van der Waals surface area contributed by atoms with Crippen molar-refractivity contribution in [1.82, 2.24) is 5.32 Å². The summed E-state index contributed by atoms with van der Waals surface area (Å²) in [6, 6.07) is 0. The average molecular weight is 195 g/mol. The molecule has 2 aliphatic rings. The van der Waals surface area contributed by atoms with Crippen molar-refractivity contribution in [3.63, 3.8) is 0 Å². The van der Waals surface area contributed by atoms with Crippen LogP contribution in [0.2, 0.25) is 0 Å². The summed E-state index contributed by atoms with van der Waals surface area (Å²) in [6.07, 6.45) is 8.87. The van der Waals surface area contributed by atoms with Crippen molar-refractivity contribution in [2.24, 2.45) is 17.3 Å². The van der Waals surface area contributed by atoms with Crippen molar-refractivity contribution in [3.8, 4) is 0 Å². The highest BCUT2D eigenvalue weighted by molar-refractivity contribution is 4.91. The van der Waals surface area contributed by atoms with E-state index in [2.05, 4.69) is 19.2 Å². The lowest BCUT2D eigenvalue weighted by molar-refractivity contribution is 0.206. The lowest BCUT2D eigenvalue weighted by Gasteiger charge is -2.31. The van der Waals surface area contributed by atoms with Crippen LogP contribution in [0, 0.1) is 17.3 Å². The maximum Gasteiger partial charge on any atom is 0.000839 e. The maximum atomic E-state index is 3.57. The largest absolute Gasteiger partial charge is 0.316 e. The van der Waals surface area contributed by atoms with E-state index in [9.17, 15) is 0 Å². The van der Waals surface area contributed by atoms with Crippen LogP contribution in [0.3, 0.4) is 0 Å². The van der Waals surface area contributed by atoms with Gasteiger partial charge in [-0.25, -0.2) is 0 Å². The van der Waals surface area contributed by atoms with Gasteiger partial charge in [-0.2, -0.15) is 0 Å². The Morgan fingerprint density at radius 2 is 2.07 bits per heavy atom. The van der Waals surface area contributed by atoms with Crippen LogP contribution in [0.5, 0.6) is 0 Å². The highest BCUT2D eigenvalue weighted by Crippen LogP contribution is 2.44. The van der Waals surface area contributed by atoms with Crippen LogP contribution in [-0.4, -0.2) is 13.1 Å². The third kappa shape index (κ3) is 2.13. The summed E-state index contributed by atoms with van der Waals surface area (Å²) in [5.41, 5.74) is 0.700. The molecule has 1 aliphatic carbocycles. The van der Waals surface area contributed by atoms with E-state index < -0.39 is 0 Å². The number of nitrogens with one attached hydrogen (secondary N) is 1. The van der Waals surface area contributed by atoms with E-state index in [1.807, 2.05) is 0 Å². The molecular formula is C13H25N. The first kappa shape index (κ1) is 10.5. The molecular weight excluding hydrogens is 170 g/mol. The van der Waals surface area contributed by atoms with Crippen molar-refractivity contribution in [2.75, 3.05) is 13.1 Å². The van der Waals surface area contributed by atoms with Gasteiger partial charge in [0.15, 0.2) is 0 Å². The minimum Gasteiger partial charge on any atom is -0.316 e. The second kappa shape index (κ2) is 4.22. The standard InChI is InChI=1S/C13H25N/c1-11(2)12-5-3-4-6-13(9-12)7-8-14-10-13/h11-12,14H,3-10H2,1-2H3. The quantitative estimate of drug-likeness (QED) is 0.677. The lowest BCUT2D eigenvalue weighted by Crippen LogP contribution is -2.27. The first-order valence-corrected chi connectivity index (χ1v) is 6.43. The van der Waals surface area contributed by atoms with Gasteiger partial charge in [0.1, 0.15) is 0 Å². The van der Waals surface area contributed by atoms with Gasteiger partial charge in [0.05, 0.1) is 0 Å². The molecule has 0 radical (unpaired) electrons. The summed E-state index contributed by atoms with van der Waals surface area (Å²) in [7, 11) is 0. The lowest BCUT2D eigenvalue weighted by atomic mass is 9.74. The van der Waals surface area contributed by atoms with Gasteiger partial charge < -0.3 is 5.32 Å². The van der Waals surface area contributed by atoms with Gasteiger partial charge in [-0.05, 0) is 43.1 Å². The molecule has 1 N–H and O–H groups in total. The molecule has 1 heterocycles. The normalized spacial score (nSPS) is 39.2. The maximum absolute atomic E-state index is 3.57. The third-order valence-electron chi connectivity index (χ3n) is 4.50. The van der Waals surface area contributed by atoms with Gasteiger partial charge >= 0.3 is 0 Å². The second-order valence-corrected chi connectivity index (χ2v) is 5.88. The zero-order valence-corrected chi connectivity index (χ0v) is 9.81. The number of rotatable bonds is 1. The van der Waals surface area contributed by atoms with Gasteiger partial charge in [-0.3, -0.25) is 0 Å². The van der Waals surface area contributed by atoms with Crippen LogP contribution < -0.4 is 5.32 Å². The van der Waals surface area contributed by atoms with Crippen LogP contribution in [0.1, 0.15) is 52.4 Å². The molecule has 0 amide bonds. The second-order valence-electron chi connectivity index (χ2n) is 5.88. The zero-order chi connectivity index (χ0) is 10.0. The fraction of sp³-hybridized carbons (Fsp3) is 1.00. The Kier molecular flexibility index (Phi) is 3.16. The predicted octanol–water partition coefficient (Wildman–Crippen LogP) is 3.20. The van der Waals surface area contributed by atoms with Gasteiger partial charge in [0.2, 0.25) is 0 Å². The van der Waals surface area contributed by atoms with Gasteiger partial charge in [0.25, 0.3) is 0 Å². The molecule has 0 aromatic heterocycles. The van der Waals surface area contributed by atoms with Crippen molar-refractivity contribution in [1.29, 1.82) is 0 Å². The fourth-order valence-electron chi connectivity index (χ4n) is 3.42. The Morgan fingerprint density at radius 1 is 1.21 bits per heavy atom. The molecule has 1 heteroatoms. The summed E-state index contributed by atoms with van der Waals surface area (Å²) in [5.74, 6) is 1.89. The summed E-state index contributed by atoms with van der Waals surface area (Å²) < 4.78 is 0. The smallest absolute Gasteiger partial charge is 0.000839 e. The topological polar surface area (TPSA) is 12.0 Å². The van der Waals surface area contributed by atoms with E-state index in [-0.39, 0.29) is 0 Å². The fourth-order valence-corrected chi connectivity index (χ4v) is 3.42. The van der Waals surface area contributed by atoms with E-state index in [4.69, 9.17) is 0 Å².